The molecule has 27 heavy (non-hydrogen) atoms. The van der Waals surface area contributed by atoms with Gasteiger partial charge < -0.3 is 4.57 Å². The van der Waals surface area contributed by atoms with Crippen LogP contribution < -0.4 is 10.9 Å². The SMILES string of the molecule is O=C(N/N=C\c1ccccc1)c1cn(C2CC2)c2cc(Cl)c(F)cc2c1=O. The van der Waals surface area contributed by atoms with E-state index in [-0.39, 0.29) is 22.0 Å². The number of benzene rings is 2. The third kappa shape index (κ3) is 3.48. The van der Waals surface area contributed by atoms with Gasteiger partial charge in [-0.2, -0.15) is 5.10 Å². The Hall–Kier alpha value is -2.99. The van der Waals surface area contributed by atoms with Gasteiger partial charge in [0.2, 0.25) is 5.43 Å². The molecule has 4 rings (SSSR count). The number of pyridine rings is 1. The molecule has 7 heteroatoms. The highest BCUT2D eigenvalue weighted by Crippen LogP contribution is 2.37. The molecular weight excluding hydrogens is 369 g/mol. The summed E-state index contributed by atoms with van der Waals surface area (Å²) in [5.74, 6) is -1.33. The van der Waals surface area contributed by atoms with Crippen LogP contribution in [0.1, 0.15) is 34.8 Å². The van der Waals surface area contributed by atoms with Gasteiger partial charge in [-0.15, -0.1) is 0 Å². The second kappa shape index (κ2) is 6.96. The number of nitrogens with zero attached hydrogens (tertiary/aromatic N) is 2. The third-order valence-electron chi connectivity index (χ3n) is 4.44. The number of hydrogen-bond acceptors (Lipinski definition) is 3. The van der Waals surface area contributed by atoms with E-state index < -0.39 is 17.2 Å². The highest BCUT2D eigenvalue weighted by atomic mass is 35.5. The zero-order chi connectivity index (χ0) is 19.0. The van der Waals surface area contributed by atoms with Crippen molar-refractivity contribution in [1.82, 2.24) is 9.99 Å². The summed E-state index contributed by atoms with van der Waals surface area (Å²) in [7, 11) is 0. The summed E-state index contributed by atoms with van der Waals surface area (Å²) in [6, 6.07) is 11.9. The normalized spacial score (nSPS) is 14.0. The molecule has 0 spiro atoms. The number of nitrogens with one attached hydrogen (secondary N) is 1. The summed E-state index contributed by atoms with van der Waals surface area (Å²) in [6.45, 7) is 0. The molecule has 1 aromatic heterocycles. The van der Waals surface area contributed by atoms with Crippen molar-refractivity contribution in [1.29, 1.82) is 0 Å². The van der Waals surface area contributed by atoms with Crippen LogP contribution in [0.15, 0.2) is 58.6 Å². The van der Waals surface area contributed by atoms with Crippen LogP contribution in [0.4, 0.5) is 4.39 Å². The number of amides is 1. The number of rotatable bonds is 4. The number of aromatic nitrogens is 1. The van der Waals surface area contributed by atoms with Crippen LogP contribution in [0, 0.1) is 5.82 Å². The lowest BCUT2D eigenvalue weighted by Crippen LogP contribution is -2.27. The van der Waals surface area contributed by atoms with Gasteiger partial charge >= 0.3 is 0 Å². The Balaban J connectivity index is 1.72. The average molecular weight is 384 g/mol. The van der Waals surface area contributed by atoms with E-state index in [1.807, 2.05) is 34.9 Å². The fourth-order valence-corrected chi connectivity index (χ4v) is 3.08. The lowest BCUT2D eigenvalue weighted by Gasteiger charge is -2.12. The third-order valence-corrected chi connectivity index (χ3v) is 4.73. The Kier molecular flexibility index (Phi) is 4.49. The maximum absolute atomic E-state index is 13.9. The first kappa shape index (κ1) is 17.4. The summed E-state index contributed by atoms with van der Waals surface area (Å²) in [6.07, 6.45) is 4.85. The van der Waals surface area contributed by atoms with Crippen LogP contribution >= 0.6 is 11.6 Å². The van der Waals surface area contributed by atoms with E-state index in [1.54, 1.807) is 0 Å². The Morgan fingerprint density at radius 3 is 2.70 bits per heavy atom. The van der Waals surface area contributed by atoms with Gasteiger partial charge in [-0.25, -0.2) is 9.82 Å². The molecule has 1 fully saturated rings. The highest BCUT2D eigenvalue weighted by molar-refractivity contribution is 6.31. The quantitative estimate of drug-likeness (QED) is 0.548. The minimum absolute atomic E-state index is 0.0547. The number of hydrogen-bond donors (Lipinski definition) is 1. The van der Waals surface area contributed by atoms with Crippen molar-refractivity contribution in [3.8, 4) is 0 Å². The van der Waals surface area contributed by atoms with E-state index in [9.17, 15) is 14.0 Å². The fraction of sp³-hybridized carbons (Fsp3) is 0.150. The second-order valence-electron chi connectivity index (χ2n) is 6.40. The molecule has 1 saturated carbocycles. The van der Waals surface area contributed by atoms with Crippen molar-refractivity contribution in [3.63, 3.8) is 0 Å². The molecule has 2 aromatic carbocycles. The van der Waals surface area contributed by atoms with Crippen molar-refractivity contribution >= 4 is 34.6 Å². The second-order valence-corrected chi connectivity index (χ2v) is 6.81. The minimum Gasteiger partial charge on any atom is -0.343 e. The molecule has 0 aliphatic heterocycles. The molecule has 5 nitrogen and oxygen atoms in total. The topological polar surface area (TPSA) is 63.5 Å². The van der Waals surface area contributed by atoms with E-state index >= 15 is 0 Å². The zero-order valence-corrected chi connectivity index (χ0v) is 14.9. The molecule has 0 atom stereocenters. The lowest BCUT2D eigenvalue weighted by atomic mass is 10.1. The summed E-state index contributed by atoms with van der Waals surface area (Å²) in [5, 5.41) is 3.97. The molecule has 0 bridgehead atoms. The molecule has 1 N–H and O–H groups in total. The predicted octanol–water partition coefficient (Wildman–Crippen LogP) is 3.89. The van der Waals surface area contributed by atoms with Crippen molar-refractivity contribution < 1.29 is 9.18 Å². The predicted molar refractivity (Wildman–Crippen MR) is 103 cm³/mol. The van der Waals surface area contributed by atoms with Crippen LogP contribution in [0.5, 0.6) is 0 Å². The number of carbonyl (C=O) groups is 1. The van der Waals surface area contributed by atoms with Crippen LogP contribution in [-0.2, 0) is 0 Å². The maximum atomic E-state index is 13.9. The highest BCUT2D eigenvalue weighted by Gasteiger charge is 2.27. The molecule has 1 amide bonds. The van der Waals surface area contributed by atoms with E-state index in [0.717, 1.165) is 24.5 Å². The number of hydrazone groups is 1. The monoisotopic (exact) mass is 383 g/mol. The van der Waals surface area contributed by atoms with E-state index in [4.69, 9.17) is 11.6 Å². The Morgan fingerprint density at radius 1 is 1.26 bits per heavy atom. The molecule has 136 valence electrons. The largest absolute Gasteiger partial charge is 0.343 e. The summed E-state index contributed by atoms with van der Waals surface area (Å²) < 4.78 is 15.7. The molecule has 0 unspecified atom stereocenters. The number of fused-ring (bicyclic) bond motifs is 1. The van der Waals surface area contributed by atoms with Gasteiger partial charge in [0.05, 0.1) is 16.8 Å². The van der Waals surface area contributed by atoms with Gasteiger partial charge in [0.15, 0.2) is 0 Å². The first-order valence-corrected chi connectivity index (χ1v) is 8.85. The first-order chi connectivity index (χ1) is 13.0. The Morgan fingerprint density at radius 2 is 2.00 bits per heavy atom. The Bertz CT molecular complexity index is 1120. The summed E-state index contributed by atoms with van der Waals surface area (Å²) >= 11 is 5.88. The molecule has 0 saturated heterocycles. The smallest absolute Gasteiger partial charge is 0.276 e. The zero-order valence-electron chi connectivity index (χ0n) is 14.2. The van der Waals surface area contributed by atoms with Gasteiger partial charge in [-0.1, -0.05) is 41.9 Å². The summed E-state index contributed by atoms with van der Waals surface area (Å²) in [4.78, 5) is 25.2. The van der Waals surface area contributed by atoms with Gasteiger partial charge in [0.1, 0.15) is 11.4 Å². The lowest BCUT2D eigenvalue weighted by molar-refractivity contribution is 0.0953. The van der Waals surface area contributed by atoms with Gasteiger partial charge in [-0.3, -0.25) is 9.59 Å². The molecular formula is C20H15ClFN3O2. The van der Waals surface area contributed by atoms with Crippen molar-refractivity contribution in [2.45, 2.75) is 18.9 Å². The average Bonchev–Trinajstić information content (AvgIpc) is 3.49. The maximum Gasteiger partial charge on any atom is 0.276 e. The molecule has 1 aliphatic carbocycles. The van der Waals surface area contributed by atoms with Crippen LogP contribution in [0.25, 0.3) is 10.9 Å². The molecule has 1 heterocycles. The van der Waals surface area contributed by atoms with Gasteiger partial charge in [-0.05, 0) is 30.5 Å². The van der Waals surface area contributed by atoms with Crippen molar-refractivity contribution in [2.24, 2.45) is 5.10 Å². The molecule has 0 radical (unpaired) electrons. The van der Waals surface area contributed by atoms with Crippen LogP contribution in [0.3, 0.4) is 0 Å². The number of carbonyl (C=O) groups excluding carboxylic acids is 1. The van der Waals surface area contributed by atoms with Crippen LogP contribution in [-0.4, -0.2) is 16.7 Å². The van der Waals surface area contributed by atoms with E-state index in [0.29, 0.717) is 5.52 Å². The Labute approximate surface area is 159 Å². The first-order valence-electron chi connectivity index (χ1n) is 8.47. The molecule has 1 aliphatic rings. The molecule has 3 aromatic rings. The van der Waals surface area contributed by atoms with E-state index in [1.165, 1.54) is 18.5 Å². The summed E-state index contributed by atoms with van der Waals surface area (Å²) in [5.41, 5.74) is 3.06. The van der Waals surface area contributed by atoms with Crippen molar-refractivity contribution in [2.75, 3.05) is 0 Å². The van der Waals surface area contributed by atoms with E-state index in [2.05, 4.69) is 10.5 Å². The van der Waals surface area contributed by atoms with Crippen molar-refractivity contribution in [3.05, 3.63) is 80.9 Å². The number of halogens is 2. The standard InChI is InChI=1S/C20H15ClFN3O2/c21-16-9-18-14(8-17(16)22)19(26)15(11-25(18)13-6-7-13)20(27)24-23-10-12-4-2-1-3-5-12/h1-5,8-11,13H,6-7H2,(H,24,27)/b23-10-. The van der Waals surface area contributed by atoms with Gasteiger partial charge in [0.25, 0.3) is 5.91 Å². The van der Waals surface area contributed by atoms with Crippen LogP contribution in [0.2, 0.25) is 5.02 Å². The van der Waals surface area contributed by atoms with Gasteiger partial charge in [0, 0.05) is 17.6 Å². The fourth-order valence-electron chi connectivity index (χ4n) is 2.93. The minimum atomic E-state index is -0.691.